The van der Waals surface area contributed by atoms with E-state index in [1.54, 1.807) is 7.11 Å². The van der Waals surface area contributed by atoms with Gasteiger partial charge in [0, 0.05) is 11.3 Å². The summed E-state index contributed by atoms with van der Waals surface area (Å²) >= 11 is 1.29. The molecule has 9 nitrogen and oxygen atoms in total. The number of methoxy groups -OCH3 is 1. The molecular formula is C29H27N5O4S. The number of anilines is 1. The largest absolute Gasteiger partial charge is 0.496 e. The molecule has 0 amide bonds. The first-order chi connectivity index (χ1) is 18.9. The molecule has 39 heavy (non-hydrogen) atoms. The molecule has 0 fully saturated rings. The van der Waals surface area contributed by atoms with Gasteiger partial charge in [0.1, 0.15) is 40.1 Å². The number of rotatable bonds is 10. The molecule has 2 aromatic heterocycles. The average Bonchev–Trinajstić information content (AvgIpc) is 3.34. The molecule has 2 heterocycles. The molecule has 0 bridgehead atoms. The van der Waals surface area contributed by atoms with E-state index in [-0.39, 0.29) is 23.6 Å². The third-order valence-corrected chi connectivity index (χ3v) is 7.20. The van der Waals surface area contributed by atoms with E-state index in [0.717, 1.165) is 11.1 Å². The van der Waals surface area contributed by atoms with E-state index in [4.69, 9.17) is 20.0 Å². The molecule has 0 aliphatic carbocycles. The number of nitriles is 2. The molecule has 0 saturated heterocycles. The number of aryl methyl sites for hydroxylation is 2. The van der Waals surface area contributed by atoms with Crippen molar-refractivity contribution in [2.75, 3.05) is 19.5 Å². The molecule has 0 saturated carbocycles. The Morgan fingerprint density at radius 2 is 1.79 bits per heavy atom. The van der Waals surface area contributed by atoms with Crippen LogP contribution >= 0.6 is 11.8 Å². The fraction of sp³-hybridized carbons (Fsp3) is 0.241. The van der Waals surface area contributed by atoms with Gasteiger partial charge in [0.15, 0.2) is 0 Å². The maximum atomic E-state index is 10.1. The lowest BCUT2D eigenvalue weighted by Crippen LogP contribution is -2.12. The number of para-hydroxylation sites is 1. The summed E-state index contributed by atoms with van der Waals surface area (Å²) < 4.78 is 11.3. The summed E-state index contributed by atoms with van der Waals surface area (Å²) in [7, 11) is 1.59. The van der Waals surface area contributed by atoms with E-state index in [1.807, 2.05) is 55.5 Å². The van der Waals surface area contributed by atoms with Crippen molar-refractivity contribution in [1.29, 1.82) is 10.5 Å². The summed E-state index contributed by atoms with van der Waals surface area (Å²) in [5, 5.41) is 39.0. The van der Waals surface area contributed by atoms with E-state index in [9.17, 15) is 15.6 Å². The maximum Gasteiger partial charge on any atom is 0.230 e. The number of thioether (sulfide) groups is 1. The van der Waals surface area contributed by atoms with E-state index in [1.165, 1.54) is 11.8 Å². The highest BCUT2D eigenvalue weighted by Crippen LogP contribution is 2.38. The highest BCUT2D eigenvalue weighted by molar-refractivity contribution is 7.98. The monoisotopic (exact) mass is 541 g/mol. The quantitative estimate of drug-likeness (QED) is 0.241. The first kappa shape index (κ1) is 27.7. The molecule has 10 heteroatoms. The van der Waals surface area contributed by atoms with E-state index < -0.39 is 6.10 Å². The van der Waals surface area contributed by atoms with Gasteiger partial charge in [0.25, 0.3) is 0 Å². The van der Waals surface area contributed by atoms with E-state index in [2.05, 4.69) is 22.1 Å². The van der Waals surface area contributed by atoms with Crippen molar-refractivity contribution < 1.29 is 19.4 Å². The fourth-order valence-electron chi connectivity index (χ4n) is 4.09. The van der Waals surface area contributed by atoms with Gasteiger partial charge < -0.3 is 25.1 Å². The van der Waals surface area contributed by atoms with E-state index in [0.29, 0.717) is 57.8 Å². The van der Waals surface area contributed by atoms with Crippen LogP contribution in [0.15, 0.2) is 58.0 Å². The number of aromatic nitrogens is 2. The number of aliphatic hydroxyl groups excluding tert-OH is 2. The zero-order valence-electron chi connectivity index (χ0n) is 21.5. The number of nitrogens with two attached hydrogens (primary N) is 1. The summed E-state index contributed by atoms with van der Waals surface area (Å²) in [5.41, 5.74) is 10.0. The lowest BCUT2D eigenvalue weighted by atomic mass is 9.95. The SMILES string of the molecule is COc1ccccc1-c1nc(CSc2nc(N)c(C#N)c(-c3ccc(CC[C@@H](O)CO)cc3)c2C#N)c(C)o1. The summed E-state index contributed by atoms with van der Waals surface area (Å²) in [5.74, 6) is 2.11. The highest BCUT2D eigenvalue weighted by atomic mass is 32.2. The van der Waals surface area contributed by atoms with Gasteiger partial charge in [-0.25, -0.2) is 9.97 Å². The molecule has 4 N–H and O–H groups in total. The van der Waals surface area contributed by atoms with Crippen LogP contribution in [0.5, 0.6) is 5.75 Å². The van der Waals surface area contributed by atoms with Crippen LogP contribution in [-0.4, -0.2) is 40.0 Å². The molecule has 0 aliphatic heterocycles. The molecule has 4 rings (SSSR count). The topological polar surface area (TPSA) is 162 Å². The van der Waals surface area contributed by atoms with E-state index >= 15 is 0 Å². The average molecular weight is 542 g/mol. The molecule has 1 atom stereocenters. The molecule has 198 valence electrons. The lowest BCUT2D eigenvalue weighted by Gasteiger charge is -2.13. The van der Waals surface area contributed by atoms with Crippen LogP contribution in [0.1, 0.15) is 34.6 Å². The van der Waals surface area contributed by atoms with Gasteiger partial charge in [-0.05, 0) is 43.0 Å². The molecule has 0 aliphatic rings. The van der Waals surface area contributed by atoms with Crippen LogP contribution in [0.4, 0.5) is 5.82 Å². The number of benzene rings is 2. The fourth-order valence-corrected chi connectivity index (χ4v) is 5.09. The van der Waals surface area contributed by atoms with Gasteiger partial charge >= 0.3 is 0 Å². The number of hydrogen-bond donors (Lipinski definition) is 3. The number of nitrogen functional groups attached to an aromatic ring is 1. The standard InChI is InChI=1S/C29H27N5O4S/c1-17-24(33-28(38-17)21-5-3-4-6-25(21)37-2)16-39-29-23(14-31)26(22(13-30)27(32)34-29)19-10-7-18(8-11-19)9-12-20(36)15-35/h3-8,10-11,20,35-36H,9,12,15-16H2,1-2H3,(H2,32,34)/t20-/m1/s1. The summed E-state index contributed by atoms with van der Waals surface area (Å²) in [6.07, 6.45) is 0.219. The van der Waals surface area contributed by atoms with Gasteiger partial charge in [-0.15, -0.1) is 0 Å². The third kappa shape index (κ3) is 6.05. The number of oxazole rings is 1. The Kier molecular flexibility index (Phi) is 8.84. The summed E-state index contributed by atoms with van der Waals surface area (Å²) in [4.78, 5) is 9.03. The lowest BCUT2D eigenvalue weighted by molar-refractivity contribution is 0.0886. The van der Waals surface area contributed by atoms with Crippen molar-refractivity contribution >= 4 is 17.6 Å². The van der Waals surface area contributed by atoms with Crippen LogP contribution < -0.4 is 10.5 Å². The minimum absolute atomic E-state index is 0.0377. The van der Waals surface area contributed by atoms with Crippen molar-refractivity contribution in [3.8, 4) is 40.5 Å². The number of nitrogens with zero attached hydrogens (tertiary/aromatic N) is 4. The van der Waals surface area contributed by atoms with Crippen LogP contribution in [-0.2, 0) is 12.2 Å². The Bertz CT molecular complexity index is 1550. The molecule has 0 radical (unpaired) electrons. The van der Waals surface area contributed by atoms with Crippen molar-refractivity contribution in [3.05, 3.63) is 76.7 Å². The first-order valence-corrected chi connectivity index (χ1v) is 13.1. The maximum absolute atomic E-state index is 10.1. The van der Waals surface area contributed by atoms with Crippen LogP contribution in [0.2, 0.25) is 0 Å². The predicted molar refractivity (Wildman–Crippen MR) is 148 cm³/mol. The van der Waals surface area contributed by atoms with Gasteiger partial charge in [-0.1, -0.05) is 48.2 Å². The minimum Gasteiger partial charge on any atom is -0.496 e. The molecule has 0 unspecified atom stereocenters. The second-order valence-corrected chi connectivity index (χ2v) is 9.70. The van der Waals surface area contributed by atoms with Crippen molar-refractivity contribution in [1.82, 2.24) is 9.97 Å². The minimum atomic E-state index is -0.779. The van der Waals surface area contributed by atoms with Crippen molar-refractivity contribution in [2.45, 2.75) is 36.6 Å². The number of ether oxygens (including phenoxy) is 1. The Hall–Kier alpha value is -4.35. The highest BCUT2D eigenvalue weighted by Gasteiger charge is 2.22. The first-order valence-electron chi connectivity index (χ1n) is 12.1. The number of aliphatic hydroxyl groups is 2. The summed E-state index contributed by atoms with van der Waals surface area (Å²) in [6.45, 7) is 1.53. The Morgan fingerprint density at radius 3 is 2.46 bits per heavy atom. The second kappa shape index (κ2) is 12.5. The van der Waals surface area contributed by atoms with Gasteiger partial charge in [0.2, 0.25) is 5.89 Å². The van der Waals surface area contributed by atoms with Crippen LogP contribution in [0.3, 0.4) is 0 Å². The number of pyridine rings is 1. The molecule has 0 spiro atoms. The Labute approximate surface area is 230 Å². The van der Waals surface area contributed by atoms with Gasteiger partial charge in [0.05, 0.1) is 36.6 Å². The molecule has 4 aromatic rings. The van der Waals surface area contributed by atoms with Crippen molar-refractivity contribution in [3.63, 3.8) is 0 Å². The van der Waals surface area contributed by atoms with Gasteiger partial charge in [-0.3, -0.25) is 0 Å². The summed E-state index contributed by atoms with van der Waals surface area (Å²) in [6, 6.07) is 19.1. The van der Waals surface area contributed by atoms with Crippen LogP contribution in [0.25, 0.3) is 22.6 Å². The Balaban J connectivity index is 1.64. The Morgan fingerprint density at radius 1 is 1.08 bits per heavy atom. The smallest absolute Gasteiger partial charge is 0.230 e. The number of hydrogen-bond acceptors (Lipinski definition) is 10. The van der Waals surface area contributed by atoms with Crippen molar-refractivity contribution in [2.24, 2.45) is 0 Å². The normalized spacial score (nSPS) is 11.5. The predicted octanol–water partition coefficient (Wildman–Crippen LogP) is 4.62. The second-order valence-electron chi connectivity index (χ2n) is 8.73. The van der Waals surface area contributed by atoms with Crippen LogP contribution in [0, 0.1) is 29.6 Å². The third-order valence-electron chi connectivity index (χ3n) is 6.21. The zero-order chi connectivity index (χ0) is 27.9. The zero-order valence-corrected chi connectivity index (χ0v) is 22.3. The molecular weight excluding hydrogens is 514 g/mol. The van der Waals surface area contributed by atoms with Gasteiger partial charge in [-0.2, -0.15) is 10.5 Å². The molecule has 2 aromatic carbocycles.